The lowest BCUT2D eigenvalue weighted by Crippen LogP contribution is -2.42. The fourth-order valence-corrected chi connectivity index (χ4v) is 3.27. The van der Waals surface area contributed by atoms with Gasteiger partial charge in [0.15, 0.2) is 0 Å². The summed E-state index contributed by atoms with van der Waals surface area (Å²) < 4.78 is 0. The van der Waals surface area contributed by atoms with Crippen molar-refractivity contribution in [1.82, 2.24) is 10.2 Å². The molecular formula is C16H18N2OS. The van der Waals surface area contributed by atoms with Crippen molar-refractivity contribution in [2.45, 2.75) is 32.5 Å². The molecule has 0 radical (unpaired) electrons. The molecule has 0 fully saturated rings. The third kappa shape index (κ3) is 2.85. The van der Waals surface area contributed by atoms with Crippen molar-refractivity contribution in [3.63, 3.8) is 0 Å². The number of urea groups is 1. The zero-order chi connectivity index (χ0) is 13.9. The van der Waals surface area contributed by atoms with E-state index >= 15 is 0 Å². The Balaban J connectivity index is 1.56. The second-order valence-corrected chi connectivity index (χ2v) is 6.09. The summed E-state index contributed by atoms with van der Waals surface area (Å²) in [5, 5.41) is 7.29. The van der Waals surface area contributed by atoms with Crippen LogP contribution in [0.2, 0.25) is 0 Å². The van der Waals surface area contributed by atoms with Crippen molar-refractivity contribution >= 4 is 17.4 Å². The van der Waals surface area contributed by atoms with E-state index in [2.05, 4.69) is 41.2 Å². The second-order valence-electron chi connectivity index (χ2n) is 5.31. The van der Waals surface area contributed by atoms with E-state index in [9.17, 15) is 4.79 Å². The highest BCUT2D eigenvalue weighted by molar-refractivity contribution is 7.07. The lowest BCUT2D eigenvalue weighted by Gasteiger charge is -2.20. The van der Waals surface area contributed by atoms with E-state index in [0.717, 1.165) is 6.42 Å². The first kappa shape index (κ1) is 13.2. The topological polar surface area (TPSA) is 32.3 Å². The van der Waals surface area contributed by atoms with Crippen LogP contribution in [0.4, 0.5) is 4.79 Å². The van der Waals surface area contributed by atoms with Crippen LogP contribution in [-0.2, 0) is 19.5 Å². The SMILES string of the molecule is C[C@@H](Cc1ccsc1)NC(=O)N1Cc2ccccc2C1. The van der Waals surface area contributed by atoms with Crippen LogP contribution < -0.4 is 5.32 Å². The Morgan fingerprint density at radius 2 is 2.00 bits per heavy atom. The van der Waals surface area contributed by atoms with Crippen molar-refractivity contribution in [1.29, 1.82) is 0 Å². The van der Waals surface area contributed by atoms with Gasteiger partial charge < -0.3 is 10.2 Å². The molecule has 3 nitrogen and oxygen atoms in total. The maximum atomic E-state index is 12.3. The van der Waals surface area contributed by atoms with Crippen LogP contribution in [-0.4, -0.2) is 17.0 Å². The number of hydrogen-bond donors (Lipinski definition) is 1. The van der Waals surface area contributed by atoms with Gasteiger partial charge in [0.1, 0.15) is 0 Å². The average molecular weight is 286 g/mol. The monoisotopic (exact) mass is 286 g/mol. The van der Waals surface area contributed by atoms with Crippen molar-refractivity contribution in [2.75, 3.05) is 0 Å². The molecule has 1 aliphatic heterocycles. The van der Waals surface area contributed by atoms with E-state index < -0.39 is 0 Å². The summed E-state index contributed by atoms with van der Waals surface area (Å²) in [5.74, 6) is 0. The molecule has 0 saturated heterocycles. The molecule has 0 spiro atoms. The first-order chi connectivity index (χ1) is 9.72. The highest BCUT2D eigenvalue weighted by Gasteiger charge is 2.23. The average Bonchev–Trinajstić information content (AvgIpc) is 3.06. The highest BCUT2D eigenvalue weighted by atomic mass is 32.1. The summed E-state index contributed by atoms with van der Waals surface area (Å²) in [6, 6.07) is 10.5. The quantitative estimate of drug-likeness (QED) is 0.921. The Bertz CT molecular complexity index is 569. The number of carbonyl (C=O) groups is 1. The number of amides is 2. The van der Waals surface area contributed by atoms with E-state index in [0.29, 0.717) is 13.1 Å². The number of nitrogens with zero attached hydrogens (tertiary/aromatic N) is 1. The Labute approximate surface area is 123 Å². The van der Waals surface area contributed by atoms with Crippen LogP contribution in [0.5, 0.6) is 0 Å². The van der Waals surface area contributed by atoms with Gasteiger partial charge in [0.05, 0.1) is 0 Å². The Kier molecular flexibility index (Phi) is 3.74. The Hall–Kier alpha value is -1.81. The van der Waals surface area contributed by atoms with Gasteiger partial charge in [-0.05, 0) is 46.9 Å². The molecule has 3 rings (SSSR count). The molecule has 1 aromatic heterocycles. The molecule has 1 N–H and O–H groups in total. The van der Waals surface area contributed by atoms with Crippen LogP contribution >= 0.6 is 11.3 Å². The molecule has 104 valence electrons. The lowest BCUT2D eigenvalue weighted by atomic mass is 10.1. The molecule has 0 saturated carbocycles. The van der Waals surface area contributed by atoms with Gasteiger partial charge in [0, 0.05) is 19.1 Å². The lowest BCUT2D eigenvalue weighted by molar-refractivity contribution is 0.195. The molecule has 0 bridgehead atoms. The molecule has 2 aromatic rings. The van der Waals surface area contributed by atoms with Crippen molar-refractivity contribution in [2.24, 2.45) is 0 Å². The van der Waals surface area contributed by atoms with Crippen molar-refractivity contribution < 1.29 is 4.79 Å². The zero-order valence-corrected chi connectivity index (χ0v) is 12.3. The van der Waals surface area contributed by atoms with Crippen LogP contribution in [0, 0.1) is 0 Å². The number of nitrogens with one attached hydrogen (secondary N) is 1. The molecule has 2 amide bonds. The van der Waals surface area contributed by atoms with E-state index in [1.54, 1.807) is 11.3 Å². The molecule has 1 atom stereocenters. The summed E-state index contributed by atoms with van der Waals surface area (Å²) in [5.41, 5.74) is 3.80. The summed E-state index contributed by atoms with van der Waals surface area (Å²) >= 11 is 1.69. The maximum absolute atomic E-state index is 12.3. The van der Waals surface area contributed by atoms with Gasteiger partial charge in [-0.15, -0.1) is 0 Å². The van der Waals surface area contributed by atoms with Gasteiger partial charge in [0.2, 0.25) is 0 Å². The Morgan fingerprint density at radius 1 is 1.30 bits per heavy atom. The highest BCUT2D eigenvalue weighted by Crippen LogP contribution is 2.22. The molecule has 0 aliphatic carbocycles. The number of benzene rings is 1. The standard InChI is InChI=1S/C16H18N2OS/c1-12(8-13-6-7-20-11-13)17-16(19)18-9-14-4-2-3-5-15(14)10-18/h2-7,11-12H,8-10H2,1H3,(H,17,19)/t12-/m0/s1. The summed E-state index contributed by atoms with van der Waals surface area (Å²) in [6.07, 6.45) is 0.885. The summed E-state index contributed by atoms with van der Waals surface area (Å²) in [4.78, 5) is 14.1. The first-order valence-electron chi connectivity index (χ1n) is 6.85. The Morgan fingerprint density at radius 3 is 2.60 bits per heavy atom. The molecule has 1 aromatic carbocycles. The smallest absolute Gasteiger partial charge is 0.318 e. The number of rotatable bonds is 3. The molecule has 2 heterocycles. The van der Waals surface area contributed by atoms with Crippen LogP contribution in [0.15, 0.2) is 41.1 Å². The van der Waals surface area contributed by atoms with Crippen molar-refractivity contribution in [3.8, 4) is 0 Å². The second kappa shape index (κ2) is 5.67. The largest absolute Gasteiger partial charge is 0.335 e. The first-order valence-corrected chi connectivity index (χ1v) is 7.80. The van der Waals surface area contributed by atoms with Gasteiger partial charge in [-0.3, -0.25) is 0 Å². The van der Waals surface area contributed by atoms with E-state index in [-0.39, 0.29) is 12.1 Å². The molecule has 1 aliphatic rings. The van der Waals surface area contributed by atoms with Crippen LogP contribution in [0.3, 0.4) is 0 Å². The number of carbonyl (C=O) groups excluding carboxylic acids is 1. The predicted octanol–water partition coefficient (Wildman–Crippen LogP) is 3.40. The van der Waals surface area contributed by atoms with Gasteiger partial charge in [-0.1, -0.05) is 24.3 Å². The van der Waals surface area contributed by atoms with Gasteiger partial charge >= 0.3 is 6.03 Å². The van der Waals surface area contributed by atoms with Crippen LogP contribution in [0.1, 0.15) is 23.6 Å². The molecule has 20 heavy (non-hydrogen) atoms. The summed E-state index contributed by atoms with van der Waals surface area (Å²) in [6.45, 7) is 3.49. The van der Waals surface area contributed by atoms with Gasteiger partial charge in [0.25, 0.3) is 0 Å². The number of hydrogen-bond acceptors (Lipinski definition) is 2. The van der Waals surface area contributed by atoms with E-state index in [1.165, 1.54) is 16.7 Å². The van der Waals surface area contributed by atoms with Gasteiger partial charge in [-0.25, -0.2) is 4.79 Å². The fraction of sp³-hybridized carbons (Fsp3) is 0.312. The minimum Gasteiger partial charge on any atom is -0.335 e. The van der Waals surface area contributed by atoms with Crippen molar-refractivity contribution in [3.05, 3.63) is 57.8 Å². The van der Waals surface area contributed by atoms with Gasteiger partial charge in [-0.2, -0.15) is 11.3 Å². The number of fused-ring (bicyclic) bond motifs is 1. The third-order valence-corrected chi connectivity index (χ3v) is 4.35. The van der Waals surface area contributed by atoms with E-state index in [4.69, 9.17) is 0 Å². The molecule has 4 heteroatoms. The predicted molar refractivity (Wildman–Crippen MR) is 81.7 cm³/mol. The van der Waals surface area contributed by atoms with E-state index in [1.807, 2.05) is 17.0 Å². The normalized spacial score (nSPS) is 14.9. The minimum absolute atomic E-state index is 0.0314. The molecule has 0 unspecified atom stereocenters. The molecular weight excluding hydrogens is 268 g/mol. The number of thiophene rings is 1. The third-order valence-electron chi connectivity index (χ3n) is 3.62. The minimum atomic E-state index is 0.0314. The van der Waals surface area contributed by atoms with Crippen LogP contribution in [0.25, 0.3) is 0 Å². The fourth-order valence-electron chi connectivity index (χ4n) is 2.59. The summed E-state index contributed by atoms with van der Waals surface area (Å²) in [7, 11) is 0. The zero-order valence-electron chi connectivity index (χ0n) is 11.5. The maximum Gasteiger partial charge on any atom is 0.318 e.